The molecule has 0 saturated carbocycles. The van der Waals surface area contributed by atoms with Crippen LogP contribution in [0.4, 0.5) is 0 Å². The molecule has 4 nitrogen and oxygen atoms in total. The predicted molar refractivity (Wildman–Crippen MR) is 56.7 cm³/mol. The Morgan fingerprint density at radius 2 is 2.47 bits per heavy atom. The lowest BCUT2D eigenvalue weighted by atomic mass is 10.2. The molecule has 0 unspecified atom stereocenters. The molecular weight excluding hydrogens is 190 g/mol. The molecule has 1 amide bonds. The molecule has 0 bridgehead atoms. The molecule has 1 aromatic rings. The molecule has 1 aromatic heterocycles. The Bertz CT molecular complexity index is 401. The zero-order valence-electron chi connectivity index (χ0n) is 8.40. The fraction of sp³-hybridized carbons (Fsp3) is 0.182. The summed E-state index contributed by atoms with van der Waals surface area (Å²) in [4.78, 5) is 14.5. The molecule has 0 saturated heterocycles. The van der Waals surface area contributed by atoms with Gasteiger partial charge in [0.2, 0.25) is 5.91 Å². The zero-order chi connectivity index (χ0) is 11.1. The van der Waals surface area contributed by atoms with Gasteiger partial charge in [0.25, 0.3) is 0 Å². The smallest absolute Gasteiger partial charge is 0.217 e. The zero-order valence-corrected chi connectivity index (χ0v) is 8.40. The highest BCUT2D eigenvalue weighted by atomic mass is 16.1. The number of carbonyl (C=O) groups is 1. The van der Waals surface area contributed by atoms with Crippen molar-refractivity contribution in [2.45, 2.75) is 6.92 Å². The van der Waals surface area contributed by atoms with Crippen LogP contribution in [-0.2, 0) is 4.79 Å². The summed E-state index contributed by atoms with van der Waals surface area (Å²) < 4.78 is 0. The fourth-order valence-electron chi connectivity index (χ4n) is 0.968. The normalized spacial score (nSPS) is 9.87. The van der Waals surface area contributed by atoms with Crippen molar-refractivity contribution >= 4 is 12.0 Å². The number of hydrogen-bond donors (Lipinski definition) is 1. The van der Waals surface area contributed by atoms with Crippen molar-refractivity contribution in [1.82, 2.24) is 10.3 Å². The van der Waals surface area contributed by atoms with E-state index >= 15 is 0 Å². The van der Waals surface area contributed by atoms with Crippen molar-refractivity contribution in [3.63, 3.8) is 0 Å². The summed E-state index contributed by atoms with van der Waals surface area (Å²) in [5.74, 6) is -0.0578. The van der Waals surface area contributed by atoms with Crippen molar-refractivity contribution in [3.8, 4) is 6.07 Å². The van der Waals surface area contributed by atoms with Gasteiger partial charge in [-0.05, 0) is 11.6 Å². The molecule has 0 aromatic carbocycles. The molecule has 1 N–H and O–H groups in total. The maximum atomic E-state index is 10.5. The van der Waals surface area contributed by atoms with Gasteiger partial charge in [0, 0.05) is 19.7 Å². The number of pyridine rings is 1. The molecule has 0 aliphatic heterocycles. The molecule has 0 radical (unpaired) electrons. The molecule has 1 rings (SSSR count). The van der Waals surface area contributed by atoms with Crippen molar-refractivity contribution in [2.75, 3.05) is 6.54 Å². The first-order chi connectivity index (χ1) is 7.22. The topological polar surface area (TPSA) is 65.8 Å². The van der Waals surface area contributed by atoms with E-state index in [0.29, 0.717) is 12.2 Å². The molecule has 1 heterocycles. The number of nitrogens with zero attached hydrogens (tertiary/aromatic N) is 2. The Morgan fingerprint density at radius 3 is 3.00 bits per heavy atom. The van der Waals surface area contributed by atoms with E-state index in [1.54, 1.807) is 18.3 Å². The third-order valence-corrected chi connectivity index (χ3v) is 1.68. The first kappa shape index (κ1) is 10.9. The maximum Gasteiger partial charge on any atom is 0.217 e. The summed E-state index contributed by atoms with van der Waals surface area (Å²) in [6, 6.07) is 5.40. The van der Waals surface area contributed by atoms with Gasteiger partial charge >= 0.3 is 0 Å². The fourth-order valence-corrected chi connectivity index (χ4v) is 0.968. The van der Waals surface area contributed by atoms with Crippen molar-refractivity contribution in [1.29, 1.82) is 5.26 Å². The molecule has 0 aliphatic carbocycles. The van der Waals surface area contributed by atoms with Crippen LogP contribution < -0.4 is 5.32 Å². The minimum absolute atomic E-state index is 0.0578. The number of nitriles is 1. The van der Waals surface area contributed by atoms with Crippen molar-refractivity contribution in [3.05, 3.63) is 35.7 Å². The van der Waals surface area contributed by atoms with E-state index in [4.69, 9.17) is 5.26 Å². The third-order valence-electron chi connectivity index (χ3n) is 1.68. The molecular formula is C11H11N3O. The SMILES string of the molecule is CC(=O)NCC=Cc1ccc(C#N)nc1. The third kappa shape index (κ3) is 4.05. The molecule has 0 fully saturated rings. The van der Waals surface area contributed by atoms with E-state index in [2.05, 4.69) is 10.3 Å². The first-order valence-electron chi connectivity index (χ1n) is 4.49. The van der Waals surface area contributed by atoms with E-state index in [9.17, 15) is 4.79 Å². The van der Waals surface area contributed by atoms with Crippen molar-refractivity contribution in [2.24, 2.45) is 0 Å². The van der Waals surface area contributed by atoms with Crippen LogP contribution in [0.3, 0.4) is 0 Å². The number of nitrogens with one attached hydrogen (secondary N) is 1. The highest BCUT2D eigenvalue weighted by molar-refractivity contribution is 5.73. The standard InChI is InChI=1S/C11H11N3O/c1-9(15)13-6-2-3-10-4-5-11(7-12)14-8-10/h2-5,8H,6H2,1H3,(H,13,15). The lowest BCUT2D eigenvalue weighted by Crippen LogP contribution is -2.19. The minimum Gasteiger partial charge on any atom is -0.353 e. The van der Waals surface area contributed by atoms with Gasteiger partial charge in [-0.1, -0.05) is 18.2 Å². The Morgan fingerprint density at radius 1 is 1.67 bits per heavy atom. The molecule has 4 heteroatoms. The molecule has 0 aliphatic rings. The van der Waals surface area contributed by atoms with Crippen LogP contribution >= 0.6 is 0 Å². The summed E-state index contributed by atoms with van der Waals surface area (Å²) >= 11 is 0. The second-order valence-corrected chi connectivity index (χ2v) is 2.93. The predicted octanol–water partition coefficient (Wildman–Crippen LogP) is 1.10. The summed E-state index contributed by atoms with van der Waals surface area (Å²) in [5, 5.41) is 11.2. The lowest BCUT2D eigenvalue weighted by Gasteiger charge is -1.95. The van der Waals surface area contributed by atoms with Gasteiger partial charge in [-0.3, -0.25) is 4.79 Å². The average molecular weight is 201 g/mol. The maximum absolute atomic E-state index is 10.5. The largest absolute Gasteiger partial charge is 0.353 e. The van der Waals surface area contributed by atoms with Crippen LogP contribution in [0.25, 0.3) is 6.08 Å². The second-order valence-electron chi connectivity index (χ2n) is 2.93. The van der Waals surface area contributed by atoms with E-state index in [0.717, 1.165) is 5.56 Å². The van der Waals surface area contributed by atoms with Crippen LogP contribution in [0.1, 0.15) is 18.2 Å². The second kappa shape index (κ2) is 5.55. The Kier molecular flexibility index (Phi) is 4.05. The quantitative estimate of drug-likeness (QED) is 0.796. The lowest BCUT2D eigenvalue weighted by molar-refractivity contribution is -0.118. The van der Waals surface area contributed by atoms with Gasteiger partial charge in [0.05, 0.1) is 0 Å². The van der Waals surface area contributed by atoms with Gasteiger partial charge in [-0.15, -0.1) is 0 Å². The number of rotatable bonds is 3. The van der Waals surface area contributed by atoms with Gasteiger partial charge in [0.1, 0.15) is 11.8 Å². The first-order valence-corrected chi connectivity index (χ1v) is 4.49. The molecule has 0 spiro atoms. The summed E-state index contributed by atoms with van der Waals surface area (Å²) in [7, 11) is 0. The Labute approximate surface area is 88.3 Å². The van der Waals surface area contributed by atoms with E-state index < -0.39 is 0 Å². The van der Waals surface area contributed by atoms with Crippen LogP contribution in [0.15, 0.2) is 24.4 Å². The van der Waals surface area contributed by atoms with Crippen LogP contribution in [0.2, 0.25) is 0 Å². The van der Waals surface area contributed by atoms with Gasteiger partial charge in [0.15, 0.2) is 0 Å². The van der Waals surface area contributed by atoms with E-state index in [1.807, 2.05) is 18.2 Å². The van der Waals surface area contributed by atoms with Crippen LogP contribution in [0, 0.1) is 11.3 Å². The van der Waals surface area contributed by atoms with Gasteiger partial charge in [-0.2, -0.15) is 5.26 Å². The number of carbonyl (C=O) groups excluding carboxylic acids is 1. The number of hydrogen-bond acceptors (Lipinski definition) is 3. The number of aromatic nitrogens is 1. The highest BCUT2D eigenvalue weighted by Gasteiger charge is 1.90. The summed E-state index contributed by atoms with van der Waals surface area (Å²) in [5.41, 5.74) is 1.30. The average Bonchev–Trinajstić information content (AvgIpc) is 2.25. The molecule has 15 heavy (non-hydrogen) atoms. The van der Waals surface area contributed by atoms with Gasteiger partial charge in [-0.25, -0.2) is 4.98 Å². The summed E-state index contributed by atoms with van der Waals surface area (Å²) in [6.45, 7) is 1.96. The minimum atomic E-state index is -0.0578. The Hall–Kier alpha value is -2.15. The highest BCUT2D eigenvalue weighted by Crippen LogP contribution is 2.01. The van der Waals surface area contributed by atoms with E-state index in [1.165, 1.54) is 6.92 Å². The van der Waals surface area contributed by atoms with Gasteiger partial charge < -0.3 is 5.32 Å². The Balaban J connectivity index is 2.50. The molecule has 76 valence electrons. The number of amides is 1. The van der Waals surface area contributed by atoms with Crippen LogP contribution in [0.5, 0.6) is 0 Å². The molecule has 0 atom stereocenters. The van der Waals surface area contributed by atoms with E-state index in [-0.39, 0.29) is 5.91 Å². The van der Waals surface area contributed by atoms with Crippen LogP contribution in [-0.4, -0.2) is 17.4 Å². The monoisotopic (exact) mass is 201 g/mol. The van der Waals surface area contributed by atoms with Crippen molar-refractivity contribution < 1.29 is 4.79 Å². The summed E-state index contributed by atoms with van der Waals surface area (Å²) in [6.07, 6.45) is 5.28.